The van der Waals surface area contributed by atoms with Crippen LogP contribution in [0.5, 0.6) is 0 Å². The van der Waals surface area contributed by atoms with Crippen molar-refractivity contribution >= 4 is 15.9 Å². The van der Waals surface area contributed by atoms with E-state index in [1.165, 1.54) is 11.3 Å². The van der Waals surface area contributed by atoms with Crippen molar-refractivity contribution in [2.75, 3.05) is 6.54 Å². The fraction of sp³-hybridized carbons (Fsp3) is 0.583. The quantitative estimate of drug-likeness (QED) is 0.854. The van der Waals surface area contributed by atoms with Crippen LogP contribution >= 0.6 is 15.9 Å². The predicted molar refractivity (Wildman–Crippen MR) is 70.4 cm³/mol. The number of fused-ring (bicyclic) bond motifs is 1. The Morgan fingerprint density at radius 3 is 2.88 bits per heavy atom. The molecule has 5 heteroatoms. The van der Waals surface area contributed by atoms with Gasteiger partial charge in [-0.1, -0.05) is 0 Å². The summed E-state index contributed by atoms with van der Waals surface area (Å²) in [5.74, 6) is 0.733. The van der Waals surface area contributed by atoms with E-state index in [0.29, 0.717) is 0 Å². The van der Waals surface area contributed by atoms with Gasteiger partial charge in [-0.25, -0.2) is 0 Å². The van der Waals surface area contributed by atoms with Crippen molar-refractivity contribution in [3.8, 4) is 0 Å². The van der Waals surface area contributed by atoms with E-state index in [1.807, 2.05) is 20.8 Å². The summed E-state index contributed by atoms with van der Waals surface area (Å²) >= 11 is 3.45. The number of ether oxygens (including phenoxy) is 1. The molecule has 2 heterocycles. The number of nitrogens with zero attached hydrogens (tertiary/aromatic N) is 2. The Morgan fingerprint density at radius 2 is 2.24 bits per heavy atom. The number of aromatic nitrogens is 2. The van der Waals surface area contributed by atoms with Crippen molar-refractivity contribution in [2.45, 2.75) is 39.3 Å². The van der Waals surface area contributed by atoms with Crippen molar-refractivity contribution < 1.29 is 4.74 Å². The molecule has 0 bridgehead atoms. The monoisotopic (exact) mass is 299 g/mol. The predicted octanol–water partition coefficient (Wildman–Crippen LogP) is 2.82. The van der Waals surface area contributed by atoms with Crippen LogP contribution in [0.1, 0.15) is 32.0 Å². The Morgan fingerprint density at radius 1 is 1.53 bits per heavy atom. The molecule has 0 saturated heterocycles. The maximum absolute atomic E-state index is 5.79. The van der Waals surface area contributed by atoms with Gasteiger partial charge >= 0.3 is 0 Å². The molecular formula is C12H18BrN3O. The Labute approximate surface area is 110 Å². The average molecular weight is 300 g/mol. The molecule has 0 amide bonds. The molecule has 4 nitrogen and oxygen atoms in total. The maximum atomic E-state index is 5.79. The van der Waals surface area contributed by atoms with Crippen molar-refractivity contribution in [2.24, 2.45) is 0 Å². The number of H-pyrrole nitrogens is 1. The summed E-state index contributed by atoms with van der Waals surface area (Å²) in [6.45, 7) is 11.8. The lowest BCUT2D eigenvalue weighted by Gasteiger charge is -2.33. The number of nitrogens with one attached hydrogen (secondary N) is 1. The second kappa shape index (κ2) is 4.37. The molecule has 94 valence electrons. The summed E-state index contributed by atoms with van der Waals surface area (Å²) < 4.78 is 6.68. The third-order valence-electron chi connectivity index (χ3n) is 2.66. The first kappa shape index (κ1) is 12.5. The van der Waals surface area contributed by atoms with Gasteiger partial charge in [0.25, 0.3) is 0 Å². The summed E-state index contributed by atoms with van der Waals surface area (Å²) in [5.41, 5.74) is 2.21. The molecule has 0 aromatic carbocycles. The van der Waals surface area contributed by atoms with Crippen molar-refractivity contribution in [3.63, 3.8) is 0 Å². The van der Waals surface area contributed by atoms with Crippen LogP contribution in [0, 0.1) is 0 Å². The zero-order valence-electron chi connectivity index (χ0n) is 10.5. The Hall–Kier alpha value is -0.970. The SMILES string of the molecule is C=C(OC(C)(C)C)N1CCc2[nH]nc(Br)c2C1. The molecule has 1 aromatic rings. The van der Waals surface area contributed by atoms with Crippen LogP contribution in [0.2, 0.25) is 0 Å². The van der Waals surface area contributed by atoms with Crippen LogP contribution in [0.15, 0.2) is 17.1 Å². The highest BCUT2D eigenvalue weighted by Gasteiger charge is 2.24. The topological polar surface area (TPSA) is 41.1 Å². The lowest BCUT2D eigenvalue weighted by molar-refractivity contribution is -0.000790. The summed E-state index contributed by atoms with van der Waals surface area (Å²) in [6.07, 6.45) is 0.945. The fourth-order valence-corrected chi connectivity index (χ4v) is 2.34. The standard InChI is InChI=1S/C12H18BrN3O/c1-8(17-12(2,3)4)16-6-5-10-9(7-16)11(13)15-14-10/h1,5-7H2,2-4H3,(H,14,15). The molecule has 0 saturated carbocycles. The number of aromatic amines is 1. The van der Waals surface area contributed by atoms with Crippen LogP contribution in [0.4, 0.5) is 0 Å². The molecule has 0 radical (unpaired) electrons. The van der Waals surface area contributed by atoms with Crippen LogP contribution < -0.4 is 0 Å². The van der Waals surface area contributed by atoms with E-state index in [4.69, 9.17) is 4.74 Å². The maximum Gasteiger partial charge on any atom is 0.182 e. The largest absolute Gasteiger partial charge is 0.474 e. The first-order valence-electron chi connectivity index (χ1n) is 5.71. The van der Waals surface area contributed by atoms with Gasteiger partial charge in [0, 0.05) is 24.2 Å². The van der Waals surface area contributed by atoms with Gasteiger partial charge in [0.05, 0.1) is 6.54 Å². The van der Waals surface area contributed by atoms with Gasteiger partial charge in [0.15, 0.2) is 5.88 Å². The molecule has 0 fully saturated rings. The lowest BCUT2D eigenvalue weighted by atomic mass is 10.1. The molecule has 17 heavy (non-hydrogen) atoms. The van der Waals surface area contributed by atoms with E-state index in [9.17, 15) is 0 Å². The molecule has 0 aliphatic carbocycles. The molecule has 0 atom stereocenters. The summed E-state index contributed by atoms with van der Waals surface area (Å²) in [6, 6.07) is 0. The molecule has 1 aromatic heterocycles. The molecule has 1 N–H and O–H groups in total. The average Bonchev–Trinajstić information content (AvgIpc) is 2.57. The van der Waals surface area contributed by atoms with E-state index >= 15 is 0 Å². The molecule has 0 spiro atoms. The molecular weight excluding hydrogens is 282 g/mol. The third kappa shape index (κ3) is 2.83. The van der Waals surface area contributed by atoms with E-state index < -0.39 is 0 Å². The first-order valence-corrected chi connectivity index (χ1v) is 6.50. The van der Waals surface area contributed by atoms with Gasteiger partial charge < -0.3 is 9.64 Å². The van der Waals surface area contributed by atoms with Crippen molar-refractivity contribution in [1.29, 1.82) is 0 Å². The van der Waals surface area contributed by atoms with E-state index in [-0.39, 0.29) is 5.60 Å². The van der Waals surface area contributed by atoms with Crippen LogP contribution in [-0.2, 0) is 17.7 Å². The van der Waals surface area contributed by atoms with Gasteiger partial charge in [0.1, 0.15) is 10.2 Å². The number of rotatable bonds is 2. The number of halogens is 1. The number of hydrogen-bond donors (Lipinski definition) is 1. The fourth-order valence-electron chi connectivity index (χ4n) is 1.89. The summed E-state index contributed by atoms with van der Waals surface area (Å²) in [7, 11) is 0. The van der Waals surface area contributed by atoms with E-state index in [1.54, 1.807) is 0 Å². The van der Waals surface area contributed by atoms with Crippen molar-refractivity contribution in [3.05, 3.63) is 28.3 Å². The van der Waals surface area contributed by atoms with Gasteiger partial charge in [-0.3, -0.25) is 5.10 Å². The van der Waals surface area contributed by atoms with Gasteiger partial charge in [-0.05, 0) is 43.3 Å². The lowest BCUT2D eigenvalue weighted by Crippen LogP contribution is -2.33. The zero-order chi connectivity index (χ0) is 12.6. The summed E-state index contributed by atoms with van der Waals surface area (Å²) in [5, 5.41) is 7.20. The second-order valence-electron chi connectivity index (χ2n) is 5.25. The summed E-state index contributed by atoms with van der Waals surface area (Å²) in [4.78, 5) is 2.15. The minimum Gasteiger partial charge on any atom is -0.474 e. The zero-order valence-corrected chi connectivity index (χ0v) is 12.1. The van der Waals surface area contributed by atoms with E-state index in [0.717, 1.165) is 30.0 Å². The van der Waals surface area contributed by atoms with Crippen molar-refractivity contribution in [1.82, 2.24) is 15.1 Å². The van der Waals surface area contributed by atoms with Gasteiger partial charge in [-0.2, -0.15) is 5.10 Å². The minimum absolute atomic E-state index is 0.203. The molecule has 1 aliphatic rings. The highest BCUT2D eigenvalue weighted by atomic mass is 79.9. The molecule has 2 rings (SSSR count). The number of hydrogen-bond acceptors (Lipinski definition) is 3. The first-order chi connectivity index (χ1) is 7.87. The van der Waals surface area contributed by atoms with Gasteiger partial charge in [-0.15, -0.1) is 0 Å². The smallest absolute Gasteiger partial charge is 0.182 e. The van der Waals surface area contributed by atoms with Gasteiger partial charge in [0.2, 0.25) is 0 Å². The minimum atomic E-state index is -0.203. The Balaban J connectivity index is 2.07. The Bertz CT molecular complexity index is 433. The Kier molecular flexibility index (Phi) is 3.21. The molecule has 1 aliphatic heterocycles. The van der Waals surface area contributed by atoms with Crippen LogP contribution in [0.3, 0.4) is 0 Å². The third-order valence-corrected chi connectivity index (χ3v) is 3.32. The van der Waals surface area contributed by atoms with Crippen LogP contribution in [-0.4, -0.2) is 27.2 Å². The molecule has 0 unspecified atom stereocenters. The highest BCUT2D eigenvalue weighted by Crippen LogP contribution is 2.27. The second-order valence-corrected chi connectivity index (χ2v) is 6.00. The van der Waals surface area contributed by atoms with E-state index in [2.05, 4.69) is 37.6 Å². The highest BCUT2D eigenvalue weighted by molar-refractivity contribution is 9.10. The normalized spacial score (nSPS) is 15.6. The van der Waals surface area contributed by atoms with Crippen LogP contribution in [0.25, 0.3) is 0 Å².